The molecule has 2 aromatic carbocycles. The van der Waals surface area contributed by atoms with E-state index in [1.807, 2.05) is 55.5 Å². The highest BCUT2D eigenvalue weighted by Gasteiger charge is 2.40. The van der Waals surface area contributed by atoms with Crippen LogP contribution in [-0.4, -0.2) is 25.5 Å². The quantitative estimate of drug-likeness (QED) is 0.586. The van der Waals surface area contributed by atoms with Gasteiger partial charge < -0.3 is 9.47 Å². The van der Waals surface area contributed by atoms with Gasteiger partial charge in [0.2, 0.25) is 0 Å². The first-order valence-electron chi connectivity index (χ1n) is 9.16. The number of ketones is 1. The van der Waals surface area contributed by atoms with Crippen LogP contribution in [0.1, 0.15) is 36.0 Å². The zero-order valence-corrected chi connectivity index (χ0v) is 15.9. The summed E-state index contributed by atoms with van der Waals surface area (Å²) in [6.45, 7) is 4.01. The molecule has 2 atom stereocenters. The Hall–Kier alpha value is -2.88. The SMILES string of the molecule is CCOC(=O)[C@H]1C(=O)C=C(c2ccccc2OC)C[C@H]1c1cccc(C)c1. The molecule has 0 bridgehead atoms. The fraction of sp³-hybridized carbons (Fsp3) is 0.304. The summed E-state index contributed by atoms with van der Waals surface area (Å²) in [5.41, 5.74) is 3.83. The number of esters is 1. The van der Waals surface area contributed by atoms with Crippen molar-refractivity contribution in [3.63, 3.8) is 0 Å². The van der Waals surface area contributed by atoms with Gasteiger partial charge in [-0.2, -0.15) is 0 Å². The Labute approximate surface area is 159 Å². The maximum Gasteiger partial charge on any atom is 0.317 e. The molecule has 0 spiro atoms. The molecule has 1 aliphatic carbocycles. The Kier molecular flexibility index (Phi) is 5.75. The summed E-state index contributed by atoms with van der Waals surface area (Å²) in [7, 11) is 1.61. The van der Waals surface area contributed by atoms with Crippen LogP contribution in [-0.2, 0) is 14.3 Å². The van der Waals surface area contributed by atoms with E-state index in [2.05, 4.69) is 0 Å². The minimum Gasteiger partial charge on any atom is -0.496 e. The first-order valence-corrected chi connectivity index (χ1v) is 9.16. The molecule has 27 heavy (non-hydrogen) atoms. The van der Waals surface area contributed by atoms with Gasteiger partial charge in [0.1, 0.15) is 11.7 Å². The number of ether oxygens (including phenoxy) is 2. The normalized spacial score (nSPS) is 19.4. The van der Waals surface area contributed by atoms with E-state index in [1.165, 1.54) is 0 Å². The second kappa shape index (κ2) is 8.21. The van der Waals surface area contributed by atoms with Crippen molar-refractivity contribution in [2.45, 2.75) is 26.2 Å². The number of para-hydroxylation sites is 1. The number of benzene rings is 2. The molecule has 1 aliphatic rings. The van der Waals surface area contributed by atoms with Crippen LogP contribution in [0.3, 0.4) is 0 Å². The molecule has 140 valence electrons. The van der Waals surface area contributed by atoms with Crippen LogP contribution in [0.15, 0.2) is 54.6 Å². The van der Waals surface area contributed by atoms with E-state index >= 15 is 0 Å². The Bertz CT molecular complexity index is 881. The molecular formula is C23H24O4. The molecule has 4 heteroatoms. The minimum atomic E-state index is -0.815. The summed E-state index contributed by atoms with van der Waals surface area (Å²) < 4.78 is 10.7. The van der Waals surface area contributed by atoms with Gasteiger partial charge in [-0.25, -0.2) is 0 Å². The van der Waals surface area contributed by atoms with Gasteiger partial charge >= 0.3 is 5.97 Å². The largest absolute Gasteiger partial charge is 0.496 e. The molecule has 0 aliphatic heterocycles. The van der Waals surface area contributed by atoms with Gasteiger partial charge in [-0.1, -0.05) is 48.0 Å². The van der Waals surface area contributed by atoms with Crippen LogP contribution in [0.2, 0.25) is 0 Å². The van der Waals surface area contributed by atoms with Gasteiger partial charge in [-0.3, -0.25) is 9.59 Å². The molecule has 0 saturated heterocycles. The van der Waals surface area contributed by atoms with E-state index in [1.54, 1.807) is 20.1 Å². The van der Waals surface area contributed by atoms with E-state index in [0.29, 0.717) is 12.2 Å². The third-order valence-corrected chi connectivity index (χ3v) is 4.93. The Morgan fingerprint density at radius 2 is 1.93 bits per heavy atom. The summed E-state index contributed by atoms with van der Waals surface area (Å²) >= 11 is 0. The van der Waals surface area contributed by atoms with Crippen molar-refractivity contribution in [2.24, 2.45) is 5.92 Å². The number of carbonyl (C=O) groups excluding carboxylic acids is 2. The first-order chi connectivity index (χ1) is 13.0. The summed E-state index contributed by atoms with van der Waals surface area (Å²) in [4.78, 5) is 25.5. The molecule has 0 heterocycles. The summed E-state index contributed by atoms with van der Waals surface area (Å²) in [6.07, 6.45) is 2.14. The zero-order valence-electron chi connectivity index (χ0n) is 15.9. The first kappa shape index (κ1) is 18.9. The van der Waals surface area contributed by atoms with E-state index in [-0.39, 0.29) is 18.3 Å². The number of allylic oxidation sites excluding steroid dienone is 2. The van der Waals surface area contributed by atoms with Crippen molar-refractivity contribution in [1.82, 2.24) is 0 Å². The monoisotopic (exact) mass is 364 g/mol. The van der Waals surface area contributed by atoms with Crippen LogP contribution < -0.4 is 4.74 Å². The van der Waals surface area contributed by atoms with Gasteiger partial charge in [0.05, 0.1) is 13.7 Å². The highest BCUT2D eigenvalue weighted by atomic mass is 16.5. The van der Waals surface area contributed by atoms with Crippen LogP contribution in [0.5, 0.6) is 5.75 Å². The highest BCUT2D eigenvalue weighted by molar-refractivity contribution is 6.11. The molecule has 0 radical (unpaired) electrons. The predicted octanol–water partition coefficient (Wildman–Crippen LogP) is 4.32. The maximum absolute atomic E-state index is 12.9. The Balaban J connectivity index is 2.07. The standard InChI is InChI=1S/C23H24O4/c1-4-27-23(25)22-19(16-9-7-8-15(2)12-16)13-17(14-20(22)24)18-10-5-6-11-21(18)26-3/h5-12,14,19,22H,4,13H2,1-3H3/t19-,22+/m0/s1. The van der Waals surface area contributed by atoms with E-state index in [0.717, 1.165) is 22.3 Å². The molecule has 0 amide bonds. The van der Waals surface area contributed by atoms with E-state index in [9.17, 15) is 9.59 Å². The van der Waals surface area contributed by atoms with Crippen LogP contribution >= 0.6 is 0 Å². The van der Waals surface area contributed by atoms with Crippen LogP contribution in [0.25, 0.3) is 5.57 Å². The number of hydrogen-bond acceptors (Lipinski definition) is 4. The summed E-state index contributed by atoms with van der Waals surface area (Å²) in [5, 5.41) is 0. The highest BCUT2D eigenvalue weighted by Crippen LogP contribution is 2.42. The number of aryl methyl sites for hydroxylation is 1. The lowest BCUT2D eigenvalue weighted by Crippen LogP contribution is -2.34. The summed E-state index contributed by atoms with van der Waals surface area (Å²) in [5.74, 6) is -1.03. The molecule has 2 aromatic rings. The molecule has 0 aromatic heterocycles. The lowest BCUT2D eigenvalue weighted by molar-refractivity contribution is -0.151. The number of rotatable bonds is 5. The molecular weight excluding hydrogens is 340 g/mol. The lowest BCUT2D eigenvalue weighted by atomic mass is 9.73. The van der Waals surface area contributed by atoms with Crippen molar-refractivity contribution in [1.29, 1.82) is 0 Å². The molecule has 3 rings (SSSR count). The molecule has 0 saturated carbocycles. The van der Waals surface area contributed by atoms with Gasteiger partial charge in [0.15, 0.2) is 5.78 Å². The van der Waals surface area contributed by atoms with Gasteiger partial charge in [0, 0.05) is 11.5 Å². The maximum atomic E-state index is 12.9. The second-order valence-corrected chi connectivity index (χ2v) is 6.73. The molecule has 0 unspecified atom stereocenters. The van der Waals surface area contributed by atoms with Gasteiger partial charge in [-0.05, 0) is 43.5 Å². The second-order valence-electron chi connectivity index (χ2n) is 6.73. The van der Waals surface area contributed by atoms with Crippen molar-refractivity contribution in [2.75, 3.05) is 13.7 Å². The average molecular weight is 364 g/mol. The van der Waals surface area contributed by atoms with Crippen molar-refractivity contribution < 1.29 is 19.1 Å². The lowest BCUT2D eigenvalue weighted by Gasteiger charge is -2.30. The topological polar surface area (TPSA) is 52.6 Å². The number of carbonyl (C=O) groups is 2. The van der Waals surface area contributed by atoms with E-state index in [4.69, 9.17) is 9.47 Å². The Morgan fingerprint density at radius 1 is 1.15 bits per heavy atom. The minimum absolute atomic E-state index is 0.216. The van der Waals surface area contributed by atoms with Gasteiger partial charge in [0.25, 0.3) is 0 Å². The van der Waals surface area contributed by atoms with E-state index < -0.39 is 11.9 Å². The third kappa shape index (κ3) is 3.95. The average Bonchev–Trinajstić information content (AvgIpc) is 2.67. The third-order valence-electron chi connectivity index (χ3n) is 4.93. The van der Waals surface area contributed by atoms with Crippen LogP contribution in [0, 0.1) is 12.8 Å². The molecule has 0 fully saturated rings. The smallest absolute Gasteiger partial charge is 0.317 e. The van der Waals surface area contributed by atoms with Crippen molar-refractivity contribution >= 4 is 17.3 Å². The molecule has 4 nitrogen and oxygen atoms in total. The summed E-state index contributed by atoms with van der Waals surface area (Å²) in [6, 6.07) is 15.6. The predicted molar refractivity (Wildman–Crippen MR) is 105 cm³/mol. The number of methoxy groups -OCH3 is 1. The van der Waals surface area contributed by atoms with Crippen molar-refractivity contribution in [3.05, 3.63) is 71.3 Å². The van der Waals surface area contributed by atoms with Crippen LogP contribution in [0.4, 0.5) is 0 Å². The molecule has 0 N–H and O–H groups in total. The number of hydrogen-bond donors (Lipinski definition) is 0. The fourth-order valence-corrected chi connectivity index (χ4v) is 3.69. The fourth-order valence-electron chi connectivity index (χ4n) is 3.69. The zero-order chi connectivity index (χ0) is 19.4. The van der Waals surface area contributed by atoms with Crippen molar-refractivity contribution in [3.8, 4) is 5.75 Å². The van der Waals surface area contributed by atoms with Gasteiger partial charge in [-0.15, -0.1) is 0 Å². The Morgan fingerprint density at radius 3 is 2.63 bits per heavy atom.